The predicted octanol–water partition coefficient (Wildman–Crippen LogP) is 2.50. The van der Waals surface area contributed by atoms with Gasteiger partial charge in [0.05, 0.1) is 0 Å². The van der Waals surface area contributed by atoms with Crippen LogP contribution >= 0.6 is 0 Å². The highest BCUT2D eigenvalue weighted by Gasteiger charge is 2.22. The molecule has 0 bridgehead atoms. The average Bonchev–Trinajstić information content (AvgIpc) is 3.19. The molecule has 130 valence electrons. The first-order valence-corrected chi connectivity index (χ1v) is 8.20. The fourth-order valence-electron chi connectivity index (χ4n) is 2.85. The third-order valence-corrected chi connectivity index (χ3v) is 4.49. The van der Waals surface area contributed by atoms with E-state index >= 15 is 0 Å². The van der Waals surface area contributed by atoms with Crippen LogP contribution in [-0.4, -0.2) is 35.4 Å². The van der Waals surface area contributed by atoms with Crippen molar-refractivity contribution in [3.05, 3.63) is 53.3 Å². The standard InChI is InChI=1S/C19H20N2O4/c1-13-5-10-16(20(13)2)19(24)25-12-17(22)14-6-8-15(9-7-14)21-11-3-4-18(21)23/h5-10H,3-4,11-12H2,1-2H3. The minimum absolute atomic E-state index is 0.103. The van der Waals surface area contributed by atoms with Crippen LogP contribution < -0.4 is 4.90 Å². The molecule has 0 unspecified atom stereocenters. The van der Waals surface area contributed by atoms with Crippen LogP contribution in [0.25, 0.3) is 0 Å². The minimum atomic E-state index is -0.525. The Labute approximate surface area is 146 Å². The van der Waals surface area contributed by atoms with E-state index in [2.05, 4.69) is 0 Å². The van der Waals surface area contributed by atoms with Crippen LogP contribution in [0.1, 0.15) is 39.4 Å². The number of ketones is 1. The molecule has 1 aliphatic heterocycles. The number of carbonyl (C=O) groups is 3. The molecule has 2 heterocycles. The highest BCUT2D eigenvalue weighted by Crippen LogP contribution is 2.21. The van der Waals surface area contributed by atoms with Gasteiger partial charge in [0, 0.05) is 37.0 Å². The van der Waals surface area contributed by atoms with Crippen molar-refractivity contribution in [3.63, 3.8) is 0 Å². The maximum absolute atomic E-state index is 12.2. The van der Waals surface area contributed by atoms with Gasteiger partial charge in [-0.1, -0.05) is 0 Å². The number of ether oxygens (including phenoxy) is 1. The van der Waals surface area contributed by atoms with Gasteiger partial charge in [-0.25, -0.2) is 4.79 Å². The van der Waals surface area contributed by atoms with E-state index in [0.717, 1.165) is 17.8 Å². The zero-order chi connectivity index (χ0) is 18.0. The second-order valence-electron chi connectivity index (χ2n) is 6.11. The molecule has 6 heteroatoms. The normalized spacial score (nSPS) is 14.0. The molecule has 3 rings (SSSR count). The molecule has 0 saturated carbocycles. The maximum atomic E-state index is 12.2. The molecule has 1 aromatic carbocycles. The van der Waals surface area contributed by atoms with Crippen molar-refractivity contribution in [2.24, 2.45) is 7.05 Å². The monoisotopic (exact) mass is 340 g/mol. The Morgan fingerprint density at radius 2 is 1.84 bits per heavy atom. The molecule has 1 aromatic heterocycles. The fraction of sp³-hybridized carbons (Fsp3) is 0.316. The van der Waals surface area contributed by atoms with Crippen LogP contribution in [0.3, 0.4) is 0 Å². The molecule has 1 aliphatic rings. The lowest BCUT2D eigenvalue weighted by molar-refractivity contribution is -0.117. The largest absolute Gasteiger partial charge is 0.453 e. The summed E-state index contributed by atoms with van der Waals surface area (Å²) in [5.74, 6) is -0.701. The number of rotatable bonds is 5. The van der Waals surface area contributed by atoms with E-state index in [1.54, 1.807) is 46.8 Å². The van der Waals surface area contributed by atoms with Gasteiger partial charge in [-0.15, -0.1) is 0 Å². The molecule has 1 fully saturated rings. The SMILES string of the molecule is Cc1ccc(C(=O)OCC(=O)c2ccc(N3CCCC3=O)cc2)n1C. The zero-order valence-electron chi connectivity index (χ0n) is 14.3. The Balaban J connectivity index is 1.60. The lowest BCUT2D eigenvalue weighted by Gasteiger charge is -2.15. The van der Waals surface area contributed by atoms with Crippen LogP contribution in [0, 0.1) is 6.92 Å². The first kappa shape index (κ1) is 17.0. The minimum Gasteiger partial charge on any atom is -0.453 e. The Bertz CT molecular complexity index is 820. The van der Waals surface area contributed by atoms with Gasteiger partial charge in [0.1, 0.15) is 5.69 Å². The fourth-order valence-corrected chi connectivity index (χ4v) is 2.85. The Morgan fingerprint density at radius 3 is 2.40 bits per heavy atom. The molecule has 0 aliphatic carbocycles. The van der Waals surface area contributed by atoms with E-state index in [1.807, 2.05) is 13.0 Å². The summed E-state index contributed by atoms with van der Waals surface area (Å²) < 4.78 is 6.83. The van der Waals surface area contributed by atoms with Gasteiger partial charge in [0.2, 0.25) is 5.91 Å². The molecule has 0 atom stereocenters. The molecule has 0 radical (unpaired) electrons. The lowest BCUT2D eigenvalue weighted by atomic mass is 10.1. The number of Topliss-reactive ketones (excluding diaryl/α,β-unsaturated/α-hetero) is 1. The van der Waals surface area contributed by atoms with Crippen molar-refractivity contribution in [2.45, 2.75) is 19.8 Å². The predicted molar refractivity (Wildman–Crippen MR) is 92.8 cm³/mol. The second-order valence-corrected chi connectivity index (χ2v) is 6.11. The molecule has 2 aromatic rings. The average molecular weight is 340 g/mol. The molecule has 1 saturated heterocycles. The number of nitrogens with zero attached hydrogens (tertiary/aromatic N) is 2. The van der Waals surface area contributed by atoms with E-state index in [1.165, 1.54) is 0 Å². The van der Waals surface area contributed by atoms with Gasteiger partial charge < -0.3 is 14.2 Å². The lowest BCUT2D eigenvalue weighted by Crippen LogP contribution is -2.23. The highest BCUT2D eigenvalue weighted by molar-refractivity contribution is 6.00. The van der Waals surface area contributed by atoms with Crippen LogP contribution in [0.15, 0.2) is 36.4 Å². The number of carbonyl (C=O) groups excluding carboxylic acids is 3. The third-order valence-electron chi connectivity index (χ3n) is 4.49. The quantitative estimate of drug-likeness (QED) is 0.619. The van der Waals surface area contributed by atoms with Gasteiger partial charge in [-0.3, -0.25) is 9.59 Å². The van der Waals surface area contributed by atoms with Gasteiger partial charge in [-0.2, -0.15) is 0 Å². The third kappa shape index (κ3) is 3.47. The topological polar surface area (TPSA) is 68.6 Å². The van der Waals surface area contributed by atoms with Crippen molar-refractivity contribution < 1.29 is 19.1 Å². The second kappa shape index (κ2) is 6.93. The Kier molecular flexibility index (Phi) is 4.70. The van der Waals surface area contributed by atoms with Crippen molar-refractivity contribution >= 4 is 23.3 Å². The van der Waals surface area contributed by atoms with Crippen LogP contribution in [0.4, 0.5) is 5.69 Å². The summed E-state index contributed by atoms with van der Waals surface area (Å²) in [4.78, 5) is 37.7. The van der Waals surface area contributed by atoms with Crippen LogP contribution in [-0.2, 0) is 16.6 Å². The Hall–Kier alpha value is -2.89. The first-order chi connectivity index (χ1) is 12.0. The number of hydrogen-bond acceptors (Lipinski definition) is 4. The van der Waals surface area contributed by atoms with E-state index in [0.29, 0.717) is 24.2 Å². The van der Waals surface area contributed by atoms with E-state index in [-0.39, 0.29) is 18.3 Å². The van der Waals surface area contributed by atoms with Gasteiger partial charge in [0.15, 0.2) is 12.4 Å². The molecule has 25 heavy (non-hydrogen) atoms. The number of anilines is 1. The summed E-state index contributed by atoms with van der Waals surface area (Å²) in [5, 5.41) is 0. The number of amides is 1. The summed E-state index contributed by atoms with van der Waals surface area (Å²) in [6.07, 6.45) is 1.42. The van der Waals surface area contributed by atoms with Crippen LogP contribution in [0.5, 0.6) is 0 Å². The molecule has 0 N–H and O–H groups in total. The maximum Gasteiger partial charge on any atom is 0.355 e. The van der Waals surface area contributed by atoms with Gasteiger partial charge in [0.25, 0.3) is 0 Å². The zero-order valence-corrected chi connectivity index (χ0v) is 14.3. The van der Waals surface area contributed by atoms with Gasteiger partial charge >= 0.3 is 5.97 Å². The number of esters is 1. The van der Waals surface area contributed by atoms with Crippen LogP contribution in [0.2, 0.25) is 0 Å². The summed E-state index contributed by atoms with van der Waals surface area (Å²) in [6, 6.07) is 10.3. The molecule has 0 spiro atoms. The summed E-state index contributed by atoms with van der Waals surface area (Å²) in [6.45, 7) is 2.28. The first-order valence-electron chi connectivity index (χ1n) is 8.20. The number of aromatic nitrogens is 1. The molecular weight excluding hydrogens is 320 g/mol. The molecule has 1 amide bonds. The van der Waals surface area contributed by atoms with Gasteiger partial charge in [-0.05, 0) is 49.7 Å². The van der Waals surface area contributed by atoms with Crippen molar-refractivity contribution in [2.75, 3.05) is 18.1 Å². The highest BCUT2D eigenvalue weighted by atomic mass is 16.5. The van der Waals surface area contributed by atoms with Crippen molar-refractivity contribution in [1.82, 2.24) is 4.57 Å². The summed E-state index contributed by atoms with van der Waals surface area (Å²) in [7, 11) is 1.77. The van der Waals surface area contributed by atoms with E-state index < -0.39 is 5.97 Å². The number of aryl methyl sites for hydroxylation is 1. The van der Waals surface area contributed by atoms with Crippen molar-refractivity contribution in [1.29, 1.82) is 0 Å². The Morgan fingerprint density at radius 1 is 1.12 bits per heavy atom. The van der Waals surface area contributed by atoms with E-state index in [4.69, 9.17) is 4.74 Å². The summed E-state index contributed by atoms with van der Waals surface area (Å²) in [5.41, 5.74) is 2.58. The van der Waals surface area contributed by atoms with E-state index in [9.17, 15) is 14.4 Å². The number of benzene rings is 1. The van der Waals surface area contributed by atoms with Crippen molar-refractivity contribution in [3.8, 4) is 0 Å². The summed E-state index contributed by atoms with van der Waals surface area (Å²) >= 11 is 0. The number of hydrogen-bond donors (Lipinski definition) is 0. The molecular formula is C19H20N2O4. The smallest absolute Gasteiger partial charge is 0.355 e. The molecule has 6 nitrogen and oxygen atoms in total.